The molecular formula is C11H13F2NO2. The van der Waals surface area contributed by atoms with E-state index >= 15 is 0 Å². The smallest absolute Gasteiger partial charge is 0.313 e. The fraction of sp³-hybridized carbons (Fsp3) is 0.364. The molecule has 1 atom stereocenters. The Bertz CT molecular complexity index is 384. The van der Waals surface area contributed by atoms with Crippen molar-refractivity contribution < 1.29 is 18.3 Å². The summed E-state index contributed by atoms with van der Waals surface area (Å²) in [5.41, 5.74) is 4.79. The molecule has 88 valence electrons. The summed E-state index contributed by atoms with van der Waals surface area (Å²) in [5, 5.41) is 0. The Morgan fingerprint density at radius 1 is 1.44 bits per heavy atom. The van der Waals surface area contributed by atoms with Crippen LogP contribution in [0, 0.1) is 11.6 Å². The molecule has 1 rings (SSSR count). The van der Waals surface area contributed by atoms with Crippen LogP contribution in [0.2, 0.25) is 0 Å². The number of benzene rings is 1. The Balaban J connectivity index is 3.01. The van der Waals surface area contributed by atoms with Crippen LogP contribution in [-0.4, -0.2) is 12.6 Å². The van der Waals surface area contributed by atoms with Crippen LogP contribution >= 0.6 is 0 Å². The lowest BCUT2D eigenvalue weighted by Crippen LogP contribution is -2.14. The van der Waals surface area contributed by atoms with Crippen LogP contribution in [0.4, 0.5) is 14.5 Å². The fourth-order valence-corrected chi connectivity index (χ4v) is 1.26. The molecule has 0 bridgehead atoms. The van der Waals surface area contributed by atoms with E-state index in [0.29, 0.717) is 0 Å². The molecule has 0 radical (unpaired) electrons. The summed E-state index contributed by atoms with van der Waals surface area (Å²) in [6.45, 7) is 3.40. The molecule has 0 fully saturated rings. The number of nitrogen functional groups attached to an aromatic ring is 1. The number of carbonyl (C=O) groups excluding carboxylic acids is 1. The summed E-state index contributed by atoms with van der Waals surface area (Å²) in [5.74, 6) is -2.98. The molecule has 1 unspecified atom stereocenters. The molecule has 1 aromatic rings. The van der Waals surface area contributed by atoms with Gasteiger partial charge in [0.1, 0.15) is 17.3 Å². The number of carbonyl (C=O) groups is 1. The topological polar surface area (TPSA) is 52.3 Å². The van der Waals surface area contributed by atoms with E-state index in [1.54, 1.807) is 6.92 Å². The number of hydrogen-bond acceptors (Lipinski definition) is 3. The first-order valence-corrected chi connectivity index (χ1v) is 4.88. The van der Waals surface area contributed by atoms with Crippen molar-refractivity contribution in [3.8, 4) is 0 Å². The number of halogens is 2. The lowest BCUT2D eigenvalue weighted by atomic mass is 10.0. The van der Waals surface area contributed by atoms with Crippen LogP contribution in [0.25, 0.3) is 0 Å². The molecule has 5 heteroatoms. The minimum absolute atomic E-state index is 0.211. The first-order chi connectivity index (χ1) is 7.47. The molecule has 0 aliphatic rings. The zero-order valence-corrected chi connectivity index (χ0v) is 9.09. The average molecular weight is 229 g/mol. The zero-order valence-electron chi connectivity index (χ0n) is 9.09. The predicted octanol–water partition coefficient (Wildman–Crippen LogP) is 2.21. The molecular weight excluding hydrogens is 216 g/mol. The molecule has 2 N–H and O–H groups in total. The third-order valence-corrected chi connectivity index (χ3v) is 2.24. The molecule has 16 heavy (non-hydrogen) atoms. The maximum atomic E-state index is 13.1. The van der Waals surface area contributed by atoms with Crippen molar-refractivity contribution in [2.75, 3.05) is 12.3 Å². The van der Waals surface area contributed by atoms with Crippen LogP contribution in [0.1, 0.15) is 25.3 Å². The van der Waals surface area contributed by atoms with Crippen LogP contribution in [0.3, 0.4) is 0 Å². The highest BCUT2D eigenvalue weighted by molar-refractivity contribution is 5.77. The molecule has 1 aromatic carbocycles. The molecule has 0 heterocycles. The van der Waals surface area contributed by atoms with Gasteiger partial charge < -0.3 is 10.5 Å². The third kappa shape index (κ3) is 2.48. The highest BCUT2D eigenvalue weighted by atomic mass is 19.1. The number of rotatable bonds is 3. The van der Waals surface area contributed by atoms with E-state index in [4.69, 9.17) is 10.5 Å². The van der Waals surface area contributed by atoms with Crippen molar-refractivity contribution >= 4 is 11.7 Å². The minimum Gasteiger partial charge on any atom is -0.466 e. The first-order valence-electron chi connectivity index (χ1n) is 4.88. The van der Waals surface area contributed by atoms with Gasteiger partial charge in [-0.1, -0.05) is 0 Å². The van der Waals surface area contributed by atoms with E-state index in [1.165, 1.54) is 6.92 Å². The highest BCUT2D eigenvalue weighted by Crippen LogP contribution is 2.23. The van der Waals surface area contributed by atoms with Crippen LogP contribution in [-0.2, 0) is 9.53 Å². The van der Waals surface area contributed by atoms with E-state index in [1.807, 2.05) is 0 Å². The molecule has 0 aromatic heterocycles. The Labute approximate surface area is 92.2 Å². The minimum atomic E-state index is -0.869. The average Bonchev–Trinajstić information content (AvgIpc) is 2.24. The predicted molar refractivity (Wildman–Crippen MR) is 55.8 cm³/mol. The van der Waals surface area contributed by atoms with E-state index in [2.05, 4.69) is 0 Å². The summed E-state index contributed by atoms with van der Waals surface area (Å²) in [4.78, 5) is 11.4. The molecule has 0 aliphatic heterocycles. The van der Waals surface area contributed by atoms with Crippen molar-refractivity contribution in [3.05, 3.63) is 29.3 Å². The van der Waals surface area contributed by atoms with Crippen molar-refractivity contribution in [1.82, 2.24) is 0 Å². The quantitative estimate of drug-likeness (QED) is 0.638. The standard InChI is InChI=1S/C11H13F2NO2/c1-3-16-11(15)6(2)7-4-8(12)10(14)9(13)5-7/h4-6H,3,14H2,1-2H3. The van der Waals surface area contributed by atoms with Gasteiger partial charge in [0.2, 0.25) is 0 Å². The summed E-state index contributed by atoms with van der Waals surface area (Å²) >= 11 is 0. The van der Waals surface area contributed by atoms with Gasteiger partial charge in [0.25, 0.3) is 0 Å². The summed E-state index contributed by atoms with van der Waals surface area (Å²) < 4.78 is 31.0. The Hall–Kier alpha value is -1.65. The van der Waals surface area contributed by atoms with Crippen molar-refractivity contribution in [1.29, 1.82) is 0 Å². The van der Waals surface area contributed by atoms with E-state index in [9.17, 15) is 13.6 Å². The number of ether oxygens (including phenoxy) is 1. The van der Waals surface area contributed by atoms with Gasteiger partial charge in [0.15, 0.2) is 0 Å². The SMILES string of the molecule is CCOC(=O)C(C)c1cc(F)c(N)c(F)c1. The van der Waals surface area contributed by atoms with Crippen molar-refractivity contribution in [2.45, 2.75) is 19.8 Å². The normalized spacial score (nSPS) is 12.2. The fourth-order valence-electron chi connectivity index (χ4n) is 1.26. The first kappa shape index (κ1) is 12.4. The van der Waals surface area contributed by atoms with Crippen LogP contribution in [0.5, 0.6) is 0 Å². The van der Waals surface area contributed by atoms with E-state index in [0.717, 1.165) is 12.1 Å². The van der Waals surface area contributed by atoms with Crippen LogP contribution < -0.4 is 5.73 Å². The summed E-state index contributed by atoms with van der Waals surface area (Å²) in [6.07, 6.45) is 0. The highest BCUT2D eigenvalue weighted by Gasteiger charge is 2.19. The molecule has 3 nitrogen and oxygen atoms in total. The van der Waals surface area contributed by atoms with Gasteiger partial charge in [0.05, 0.1) is 12.5 Å². The molecule has 0 amide bonds. The summed E-state index contributed by atoms with van der Waals surface area (Å²) in [6, 6.07) is 2.08. The molecule has 0 spiro atoms. The van der Waals surface area contributed by atoms with Gasteiger partial charge in [-0.3, -0.25) is 4.79 Å². The number of esters is 1. The van der Waals surface area contributed by atoms with E-state index in [-0.39, 0.29) is 12.2 Å². The molecule has 0 saturated heterocycles. The Morgan fingerprint density at radius 3 is 2.38 bits per heavy atom. The van der Waals surface area contributed by atoms with Gasteiger partial charge in [0, 0.05) is 0 Å². The Morgan fingerprint density at radius 2 is 1.94 bits per heavy atom. The number of hydrogen-bond donors (Lipinski definition) is 1. The van der Waals surface area contributed by atoms with Crippen LogP contribution in [0.15, 0.2) is 12.1 Å². The van der Waals surface area contributed by atoms with Gasteiger partial charge >= 0.3 is 5.97 Å². The Kier molecular flexibility index (Phi) is 3.82. The zero-order chi connectivity index (χ0) is 12.3. The maximum Gasteiger partial charge on any atom is 0.313 e. The second kappa shape index (κ2) is 4.92. The van der Waals surface area contributed by atoms with Gasteiger partial charge in [-0.05, 0) is 31.5 Å². The largest absolute Gasteiger partial charge is 0.466 e. The monoisotopic (exact) mass is 229 g/mol. The van der Waals surface area contributed by atoms with Gasteiger partial charge in [-0.25, -0.2) is 8.78 Å². The lowest BCUT2D eigenvalue weighted by molar-refractivity contribution is -0.144. The second-order valence-electron chi connectivity index (χ2n) is 3.37. The lowest BCUT2D eigenvalue weighted by Gasteiger charge is -2.11. The second-order valence-corrected chi connectivity index (χ2v) is 3.37. The maximum absolute atomic E-state index is 13.1. The van der Waals surface area contributed by atoms with Crippen molar-refractivity contribution in [3.63, 3.8) is 0 Å². The van der Waals surface area contributed by atoms with Gasteiger partial charge in [-0.15, -0.1) is 0 Å². The van der Waals surface area contributed by atoms with Crippen molar-refractivity contribution in [2.24, 2.45) is 0 Å². The number of nitrogens with two attached hydrogens (primary N) is 1. The van der Waals surface area contributed by atoms with E-state index < -0.39 is 29.2 Å². The third-order valence-electron chi connectivity index (χ3n) is 2.24. The molecule has 0 aliphatic carbocycles. The summed E-state index contributed by atoms with van der Waals surface area (Å²) in [7, 11) is 0. The van der Waals surface area contributed by atoms with Gasteiger partial charge in [-0.2, -0.15) is 0 Å². The molecule has 0 saturated carbocycles. The number of anilines is 1.